The van der Waals surface area contributed by atoms with Gasteiger partial charge < -0.3 is 4.57 Å². The topological polar surface area (TPSA) is 65.1 Å². The lowest BCUT2D eigenvalue weighted by atomic mass is 10.2. The van der Waals surface area contributed by atoms with Crippen LogP contribution in [-0.4, -0.2) is 24.1 Å². The molecule has 9 heteroatoms. The molecule has 0 saturated heterocycles. The van der Waals surface area contributed by atoms with E-state index in [4.69, 9.17) is 11.6 Å². The lowest BCUT2D eigenvalue weighted by Crippen LogP contribution is -2.13. The van der Waals surface area contributed by atoms with Gasteiger partial charge in [-0.1, -0.05) is 46.8 Å². The molecule has 5 rings (SSSR count). The number of aromatic nitrogens is 5. The lowest BCUT2D eigenvalue weighted by Gasteiger charge is -2.04. The van der Waals surface area contributed by atoms with Crippen molar-refractivity contribution < 1.29 is 0 Å². The Morgan fingerprint density at radius 3 is 2.72 bits per heavy atom. The minimum atomic E-state index is -0.0668. The highest BCUT2D eigenvalue weighted by Gasteiger charge is 2.13. The first-order valence-electron chi connectivity index (χ1n) is 8.78. The zero-order valence-electron chi connectivity index (χ0n) is 15.2. The molecule has 144 valence electrons. The molecule has 5 aromatic rings. The Hall–Kier alpha value is -2.68. The van der Waals surface area contributed by atoms with E-state index in [0.29, 0.717) is 15.7 Å². The van der Waals surface area contributed by atoms with Gasteiger partial charge in [-0.05, 0) is 36.4 Å². The average Bonchev–Trinajstić information content (AvgIpc) is 3.27. The van der Waals surface area contributed by atoms with Gasteiger partial charge in [-0.25, -0.2) is 4.98 Å². The van der Waals surface area contributed by atoms with Crippen molar-refractivity contribution in [2.24, 2.45) is 7.05 Å². The van der Waals surface area contributed by atoms with Crippen molar-refractivity contribution in [3.05, 3.63) is 75.7 Å². The van der Waals surface area contributed by atoms with Crippen LogP contribution in [0.3, 0.4) is 0 Å². The number of para-hydroxylation sites is 1. The Morgan fingerprint density at radius 2 is 1.90 bits per heavy atom. The summed E-state index contributed by atoms with van der Waals surface area (Å²) in [6, 6.07) is 16.9. The third-order valence-corrected chi connectivity index (χ3v) is 6.86. The molecule has 0 fully saturated rings. The summed E-state index contributed by atoms with van der Waals surface area (Å²) in [5, 5.41) is 10.0. The van der Waals surface area contributed by atoms with Crippen LogP contribution < -0.4 is 5.56 Å². The van der Waals surface area contributed by atoms with Gasteiger partial charge in [0, 0.05) is 29.5 Å². The Morgan fingerprint density at radius 1 is 1.10 bits per heavy atom. The van der Waals surface area contributed by atoms with E-state index in [1.807, 2.05) is 60.1 Å². The highest BCUT2D eigenvalue weighted by atomic mass is 35.5. The SMILES string of the molecule is Cn1c(SCc2cc(=O)n3c(n2)sc2ccccc23)nnc1-c1ccc(Cl)cc1. The summed E-state index contributed by atoms with van der Waals surface area (Å²) in [7, 11) is 1.92. The average molecular weight is 440 g/mol. The molecule has 3 aromatic heterocycles. The predicted octanol–water partition coefficient (Wildman–Crippen LogP) is 4.65. The number of hydrogen-bond donors (Lipinski definition) is 0. The molecule has 0 bridgehead atoms. The van der Waals surface area contributed by atoms with E-state index in [9.17, 15) is 4.79 Å². The summed E-state index contributed by atoms with van der Waals surface area (Å²) in [5.41, 5.74) is 2.50. The fraction of sp³-hybridized carbons (Fsp3) is 0.100. The van der Waals surface area contributed by atoms with Crippen molar-refractivity contribution in [3.63, 3.8) is 0 Å². The molecular formula is C20H14ClN5OS2. The molecule has 29 heavy (non-hydrogen) atoms. The van der Waals surface area contributed by atoms with E-state index in [0.717, 1.165) is 32.5 Å². The van der Waals surface area contributed by atoms with Crippen LogP contribution in [0.25, 0.3) is 26.6 Å². The second-order valence-electron chi connectivity index (χ2n) is 6.43. The van der Waals surface area contributed by atoms with Crippen LogP contribution in [0.1, 0.15) is 5.69 Å². The molecule has 0 atom stereocenters. The van der Waals surface area contributed by atoms with Gasteiger partial charge in [0.25, 0.3) is 5.56 Å². The number of hydrogen-bond acceptors (Lipinski definition) is 6. The van der Waals surface area contributed by atoms with Crippen LogP contribution in [0.2, 0.25) is 5.02 Å². The van der Waals surface area contributed by atoms with E-state index >= 15 is 0 Å². The molecule has 0 saturated carbocycles. The molecule has 2 aromatic carbocycles. The summed E-state index contributed by atoms with van der Waals surface area (Å²) in [6.45, 7) is 0. The Kier molecular flexibility index (Phi) is 4.61. The van der Waals surface area contributed by atoms with Crippen molar-refractivity contribution in [3.8, 4) is 11.4 Å². The summed E-state index contributed by atoms with van der Waals surface area (Å²) in [6.07, 6.45) is 0. The number of thioether (sulfide) groups is 1. The monoisotopic (exact) mass is 439 g/mol. The van der Waals surface area contributed by atoms with Gasteiger partial charge in [0.2, 0.25) is 0 Å². The molecule has 0 aliphatic carbocycles. The first-order valence-corrected chi connectivity index (χ1v) is 11.0. The third kappa shape index (κ3) is 3.33. The largest absolute Gasteiger partial charge is 0.305 e. The van der Waals surface area contributed by atoms with Crippen molar-refractivity contribution in [2.75, 3.05) is 0 Å². The van der Waals surface area contributed by atoms with Gasteiger partial charge in [0.15, 0.2) is 15.9 Å². The third-order valence-electron chi connectivity index (χ3n) is 4.53. The maximum Gasteiger partial charge on any atom is 0.259 e. The molecule has 3 heterocycles. The van der Waals surface area contributed by atoms with Crippen LogP contribution in [0.4, 0.5) is 0 Å². The molecule has 6 nitrogen and oxygen atoms in total. The predicted molar refractivity (Wildman–Crippen MR) is 118 cm³/mol. The van der Waals surface area contributed by atoms with E-state index in [2.05, 4.69) is 15.2 Å². The van der Waals surface area contributed by atoms with Gasteiger partial charge >= 0.3 is 0 Å². The second kappa shape index (κ2) is 7.29. The van der Waals surface area contributed by atoms with Crippen LogP contribution >= 0.6 is 34.7 Å². The number of nitrogens with zero attached hydrogens (tertiary/aromatic N) is 5. The van der Waals surface area contributed by atoms with Crippen LogP contribution in [-0.2, 0) is 12.8 Å². The Bertz CT molecular complexity index is 1400. The lowest BCUT2D eigenvalue weighted by molar-refractivity contribution is 0.793. The summed E-state index contributed by atoms with van der Waals surface area (Å²) in [4.78, 5) is 18.0. The molecule has 0 aliphatic heterocycles. The Balaban J connectivity index is 1.43. The molecule has 0 aliphatic rings. The molecular weight excluding hydrogens is 426 g/mol. The highest BCUT2D eigenvalue weighted by molar-refractivity contribution is 7.98. The fourth-order valence-corrected chi connectivity index (χ4v) is 5.11. The van der Waals surface area contributed by atoms with E-state index < -0.39 is 0 Å². The van der Waals surface area contributed by atoms with Gasteiger partial charge in [0.05, 0.1) is 15.9 Å². The van der Waals surface area contributed by atoms with Crippen molar-refractivity contribution in [1.82, 2.24) is 24.1 Å². The first-order chi connectivity index (χ1) is 14.1. The van der Waals surface area contributed by atoms with E-state index in [1.54, 1.807) is 10.5 Å². The summed E-state index contributed by atoms with van der Waals surface area (Å²) in [5.74, 6) is 1.30. The van der Waals surface area contributed by atoms with Crippen LogP contribution in [0, 0.1) is 0 Å². The molecule has 0 N–H and O–H groups in total. The van der Waals surface area contributed by atoms with Gasteiger partial charge in [-0.15, -0.1) is 10.2 Å². The van der Waals surface area contributed by atoms with Gasteiger partial charge in [-0.3, -0.25) is 9.20 Å². The maximum atomic E-state index is 12.6. The standard InChI is InChI=1S/C20H14ClN5OS2/c1-25-18(12-6-8-13(21)9-7-12)23-24-20(25)28-11-14-10-17(27)26-15-4-2-3-5-16(15)29-19(26)22-14/h2-10H,11H2,1H3. The zero-order valence-corrected chi connectivity index (χ0v) is 17.6. The molecule has 0 unspecified atom stereocenters. The maximum absolute atomic E-state index is 12.6. The van der Waals surface area contributed by atoms with Crippen LogP contribution in [0.5, 0.6) is 0 Å². The number of rotatable bonds is 4. The molecule has 0 amide bonds. The number of fused-ring (bicyclic) bond motifs is 3. The fourth-order valence-electron chi connectivity index (χ4n) is 3.13. The normalized spacial score (nSPS) is 11.5. The minimum absolute atomic E-state index is 0.0668. The Labute approximate surface area is 178 Å². The van der Waals surface area contributed by atoms with Gasteiger partial charge in [-0.2, -0.15) is 0 Å². The van der Waals surface area contributed by atoms with Gasteiger partial charge in [0.1, 0.15) is 0 Å². The quantitative estimate of drug-likeness (QED) is 0.381. The van der Waals surface area contributed by atoms with Crippen molar-refractivity contribution in [2.45, 2.75) is 10.9 Å². The van der Waals surface area contributed by atoms with Crippen LogP contribution in [0.15, 0.2) is 64.5 Å². The summed E-state index contributed by atoms with van der Waals surface area (Å²) >= 11 is 8.98. The summed E-state index contributed by atoms with van der Waals surface area (Å²) < 4.78 is 4.64. The van der Waals surface area contributed by atoms with Crippen molar-refractivity contribution >= 4 is 49.9 Å². The van der Waals surface area contributed by atoms with Crippen molar-refractivity contribution in [1.29, 1.82) is 0 Å². The number of benzene rings is 2. The van der Waals surface area contributed by atoms with E-state index in [1.165, 1.54) is 23.1 Å². The highest BCUT2D eigenvalue weighted by Crippen LogP contribution is 2.27. The zero-order chi connectivity index (χ0) is 20.0. The van der Waals surface area contributed by atoms with E-state index in [-0.39, 0.29) is 5.56 Å². The molecule has 0 spiro atoms. The number of thiazole rings is 1. The minimum Gasteiger partial charge on any atom is -0.305 e. The smallest absolute Gasteiger partial charge is 0.259 e. The number of halogens is 1. The second-order valence-corrected chi connectivity index (χ2v) is 8.82. The molecule has 0 radical (unpaired) electrons. The first kappa shape index (κ1) is 18.4.